The molecule has 1 rings (SSSR count). The number of aliphatic hydroxyl groups excluding tert-OH is 2. The van der Waals surface area contributed by atoms with Gasteiger partial charge in [-0.1, -0.05) is 0 Å². The van der Waals surface area contributed by atoms with Gasteiger partial charge in [-0.15, -0.1) is 11.6 Å². The van der Waals surface area contributed by atoms with Crippen molar-refractivity contribution in [2.45, 2.75) is 12.2 Å². The Kier molecular flexibility index (Phi) is 4.20. The number of alkyl halides is 1. The highest BCUT2D eigenvalue weighted by Crippen LogP contribution is 2.20. The van der Waals surface area contributed by atoms with E-state index in [9.17, 15) is 19.4 Å². The van der Waals surface area contributed by atoms with Crippen molar-refractivity contribution in [3.63, 3.8) is 0 Å². The largest absolute Gasteiger partial charge is 0.389 e. The Balaban J connectivity index is 3.02. The lowest BCUT2D eigenvalue weighted by atomic mass is 10.0. The van der Waals surface area contributed by atoms with Crippen LogP contribution in [0.3, 0.4) is 0 Å². The summed E-state index contributed by atoms with van der Waals surface area (Å²) in [5.74, 6) is -0.816. The van der Waals surface area contributed by atoms with Crippen LogP contribution in [0.4, 0.5) is 4.39 Å². The maximum atomic E-state index is 13.0. The lowest BCUT2D eigenvalue weighted by Crippen LogP contribution is -2.20. The van der Waals surface area contributed by atoms with E-state index in [1.807, 2.05) is 0 Å². The number of rotatable bonds is 4. The molecule has 3 nitrogen and oxygen atoms in total. The van der Waals surface area contributed by atoms with E-state index < -0.39 is 18.0 Å². The fourth-order valence-corrected chi connectivity index (χ4v) is 1.35. The normalized spacial score (nSPS) is 14.7. The number of carbonyl (C=O) groups excluding carboxylic acids is 1. The minimum Gasteiger partial charge on any atom is -0.389 e. The van der Waals surface area contributed by atoms with Crippen LogP contribution in [0.1, 0.15) is 22.0 Å². The van der Waals surface area contributed by atoms with Crippen molar-refractivity contribution in [3.05, 3.63) is 35.1 Å². The molecule has 0 heterocycles. The van der Waals surface area contributed by atoms with Crippen LogP contribution in [0.25, 0.3) is 0 Å². The molecule has 0 saturated carbocycles. The third-order valence-electron chi connectivity index (χ3n) is 1.94. The van der Waals surface area contributed by atoms with Gasteiger partial charge in [-0.25, -0.2) is 4.39 Å². The van der Waals surface area contributed by atoms with E-state index in [1.54, 1.807) is 0 Å². The van der Waals surface area contributed by atoms with Crippen LogP contribution < -0.4 is 0 Å². The zero-order chi connectivity index (χ0) is 11.4. The average molecular weight is 233 g/mol. The van der Waals surface area contributed by atoms with Crippen molar-refractivity contribution >= 4 is 17.9 Å². The van der Waals surface area contributed by atoms with Crippen LogP contribution >= 0.6 is 11.6 Å². The number of aliphatic hydroxyl groups is 2. The smallest absolute Gasteiger partial charge is 0.150 e. The monoisotopic (exact) mass is 232 g/mol. The lowest BCUT2D eigenvalue weighted by molar-refractivity contribution is 0.0325. The fraction of sp³-hybridized carbons (Fsp3) is 0.300. The minimum atomic E-state index is -1.29. The Morgan fingerprint density at radius 2 is 2.07 bits per heavy atom. The quantitative estimate of drug-likeness (QED) is 0.607. The zero-order valence-corrected chi connectivity index (χ0v) is 8.49. The van der Waals surface area contributed by atoms with E-state index in [4.69, 9.17) is 11.6 Å². The maximum Gasteiger partial charge on any atom is 0.150 e. The first-order chi connectivity index (χ1) is 7.08. The van der Waals surface area contributed by atoms with Gasteiger partial charge in [0.25, 0.3) is 0 Å². The van der Waals surface area contributed by atoms with Gasteiger partial charge in [0.05, 0.1) is 12.0 Å². The van der Waals surface area contributed by atoms with E-state index in [0.29, 0.717) is 6.29 Å². The molecule has 2 unspecified atom stereocenters. The molecule has 0 amide bonds. The summed E-state index contributed by atoms with van der Waals surface area (Å²) in [6, 6.07) is 3.39. The molecule has 0 aliphatic heterocycles. The van der Waals surface area contributed by atoms with Crippen LogP contribution in [-0.2, 0) is 0 Å². The average Bonchev–Trinajstić information content (AvgIpc) is 2.26. The molecule has 0 aromatic heterocycles. The van der Waals surface area contributed by atoms with E-state index in [0.717, 1.165) is 12.1 Å². The van der Waals surface area contributed by atoms with Gasteiger partial charge >= 0.3 is 0 Å². The second kappa shape index (κ2) is 5.21. The third-order valence-corrected chi connectivity index (χ3v) is 2.26. The van der Waals surface area contributed by atoms with Crippen LogP contribution in [0, 0.1) is 5.82 Å². The highest BCUT2D eigenvalue weighted by molar-refractivity contribution is 6.18. The molecule has 5 heteroatoms. The number of hydrogen-bond donors (Lipinski definition) is 2. The van der Waals surface area contributed by atoms with Gasteiger partial charge in [0.2, 0.25) is 0 Å². The van der Waals surface area contributed by atoms with Crippen LogP contribution in [0.5, 0.6) is 0 Å². The van der Waals surface area contributed by atoms with Crippen LogP contribution in [-0.4, -0.2) is 28.5 Å². The summed E-state index contributed by atoms with van der Waals surface area (Å²) in [7, 11) is 0. The van der Waals surface area contributed by atoms with Crippen LogP contribution in [0.2, 0.25) is 0 Å². The fourth-order valence-electron chi connectivity index (χ4n) is 1.18. The summed E-state index contributed by atoms with van der Waals surface area (Å²) in [5.41, 5.74) is 0.232. The first-order valence-corrected chi connectivity index (χ1v) is 4.79. The third kappa shape index (κ3) is 2.99. The number of halogens is 2. The van der Waals surface area contributed by atoms with Crippen molar-refractivity contribution < 1.29 is 19.4 Å². The van der Waals surface area contributed by atoms with Crippen molar-refractivity contribution in [3.8, 4) is 0 Å². The summed E-state index contributed by atoms with van der Waals surface area (Å²) in [4.78, 5) is 10.4. The molecule has 0 fully saturated rings. The molecule has 0 radical (unpaired) electrons. The topological polar surface area (TPSA) is 57.5 Å². The Morgan fingerprint density at radius 3 is 2.60 bits per heavy atom. The van der Waals surface area contributed by atoms with Crippen molar-refractivity contribution in [1.82, 2.24) is 0 Å². The SMILES string of the molecule is O=Cc1cc(F)cc(C(O)C(O)CCl)c1. The zero-order valence-electron chi connectivity index (χ0n) is 7.73. The Hall–Kier alpha value is -0.970. The van der Waals surface area contributed by atoms with E-state index in [1.165, 1.54) is 6.07 Å². The summed E-state index contributed by atoms with van der Waals surface area (Å²) in [5, 5.41) is 18.8. The summed E-state index contributed by atoms with van der Waals surface area (Å²) < 4.78 is 13.0. The second-order valence-corrected chi connectivity index (χ2v) is 3.41. The van der Waals surface area contributed by atoms with Crippen molar-refractivity contribution in [1.29, 1.82) is 0 Å². The molecule has 1 aromatic carbocycles. The first-order valence-electron chi connectivity index (χ1n) is 4.26. The number of hydrogen-bond acceptors (Lipinski definition) is 3. The summed E-state index contributed by atoms with van der Waals surface area (Å²) >= 11 is 5.34. The molecule has 0 spiro atoms. The highest BCUT2D eigenvalue weighted by Gasteiger charge is 2.18. The number of benzene rings is 1. The Bertz CT molecular complexity index is 357. The molecule has 0 saturated heterocycles. The van der Waals surface area contributed by atoms with Gasteiger partial charge < -0.3 is 10.2 Å². The summed E-state index contributed by atoms with van der Waals surface area (Å²) in [6.45, 7) is 0. The molecule has 15 heavy (non-hydrogen) atoms. The predicted molar refractivity (Wildman–Crippen MR) is 53.5 cm³/mol. The second-order valence-electron chi connectivity index (χ2n) is 3.10. The van der Waals surface area contributed by atoms with Gasteiger partial charge in [0.15, 0.2) is 0 Å². The highest BCUT2D eigenvalue weighted by atomic mass is 35.5. The molecule has 82 valence electrons. The lowest BCUT2D eigenvalue weighted by Gasteiger charge is -2.15. The van der Waals surface area contributed by atoms with Crippen LogP contribution in [0.15, 0.2) is 18.2 Å². The van der Waals surface area contributed by atoms with E-state index in [-0.39, 0.29) is 17.0 Å². The minimum absolute atomic E-state index is 0.103. The predicted octanol–water partition coefficient (Wildman–Crippen LogP) is 1.27. The van der Waals surface area contributed by atoms with E-state index >= 15 is 0 Å². The molecular weight excluding hydrogens is 223 g/mol. The van der Waals surface area contributed by atoms with Gasteiger partial charge in [0, 0.05) is 5.56 Å². The van der Waals surface area contributed by atoms with Gasteiger partial charge in [-0.05, 0) is 23.8 Å². The van der Waals surface area contributed by atoms with Crippen molar-refractivity contribution in [2.75, 3.05) is 5.88 Å². The standard InChI is InChI=1S/C10H10ClFO3/c11-4-9(14)10(15)7-1-6(5-13)2-8(12)3-7/h1-3,5,9-10,14-15H,4H2. The van der Waals surface area contributed by atoms with Gasteiger partial charge in [0.1, 0.15) is 18.2 Å². The number of carbonyl (C=O) groups is 1. The number of aldehydes is 1. The Labute approximate surface area is 91.1 Å². The maximum absolute atomic E-state index is 13.0. The molecule has 2 N–H and O–H groups in total. The molecule has 0 aliphatic carbocycles. The first kappa shape index (κ1) is 12.1. The van der Waals surface area contributed by atoms with Gasteiger partial charge in [-0.3, -0.25) is 4.79 Å². The molecule has 0 bridgehead atoms. The van der Waals surface area contributed by atoms with Crippen molar-refractivity contribution in [2.24, 2.45) is 0 Å². The molecule has 0 aliphatic rings. The molecule has 2 atom stereocenters. The summed E-state index contributed by atoms with van der Waals surface area (Å²) in [6.07, 6.45) is -2.02. The van der Waals surface area contributed by atoms with E-state index in [2.05, 4.69) is 0 Å². The molecule has 1 aromatic rings. The van der Waals surface area contributed by atoms with Gasteiger partial charge in [-0.2, -0.15) is 0 Å². The molecular formula is C10H10ClFO3. The Morgan fingerprint density at radius 1 is 1.40 bits per heavy atom.